The number of nitrogens with zero attached hydrogens (tertiary/aromatic N) is 2. The minimum atomic E-state index is 0.365. The van der Waals surface area contributed by atoms with Crippen LogP contribution in [-0.4, -0.2) is 16.6 Å². The molecule has 2 N–H and O–H groups in total. The van der Waals surface area contributed by atoms with Crippen LogP contribution in [0.4, 0.5) is 5.82 Å². The average Bonchev–Trinajstić information content (AvgIpc) is 3.07. The number of ether oxygens (including phenoxy) is 1. The van der Waals surface area contributed by atoms with Gasteiger partial charge in [0.2, 0.25) is 0 Å². The summed E-state index contributed by atoms with van der Waals surface area (Å²) in [7, 11) is 0. The topological polar surface area (TPSA) is 74.2 Å². The summed E-state index contributed by atoms with van der Waals surface area (Å²) >= 11 is 3.45. The van der Waals surface area contributed by atoms with E-state index >= 15 is 0 Å². The maximum Gasteiger partial charge on any atom is 0.197 e. The van der Waals surface area contributed by atoms with Crippen LogP contribution in [0.5, 0.6) is 0 Å². The minimum Gasteiger partial charge on any atom is -0.437 e. The van der Waals surface area contributed by atoms with E-state index in [1.807, 2.05) is 36.4 Å². The number of oxazole rings is 1. The maximum atomic E-state index is 6.04. The van der Waals surface area contributed by atoms with Crippen LogP contribution in [0, 0.1) is 0 Å². The Balaban J connectivity index is 1.44. The molecule has 0 spiro atoms. The largest absolute Gasteiger partial charge is 0.437 e. The standard InChI is InChI=1S/C20H18BrN3O2/c21-14-8-9-15-16(11-14)23-20(22)19-18(15)24-17(26-19)7-4-10-25-12-13-5-2-1-3-6-13/h1-3,5-6,8-9,11H,4,7,10,12H2,(H2,22,23). The number of nitrogens with two attached hydrogens (primary N) is 1. The fraction of sp³-hybridized carbons (Fsp3) is 0.200. The number of hydrogen-bond acceptors (Lipinski definition) is 5. The van der Waals surface area contributed by atoms with Gasteiger partial charge in [-0.15, -0.1) is 0 Å². The summed E-state index contributed by atoms with van der Waals surface area (Å²) < 4.78 is 12.5. The Hall–Kier alpha value is -2.44. The molecule has 0 saturated carbocycles. The molecular weight excluding hydrogens is 394 g/mol. The number of nitrogen functional groups attached to an aromatic ring is 1. The molecule has 0 saturated heterocycles. The summed E-state index contributed by atoms with van der Waals surface area (Å²) in [6, 6.07) is 16.0. The Kier molecular flexibility index (Phi) is 4.86. The van der Waals surface area contributed by atoms with Crippen molar-refractivity contribution in [3.8, 4) is 0 Å². The van der Waals surface area contributed by atoms with Gasteiger partial charge in [0.05, 0.1) is 12.1 Å². The third-order valence-corrected chi connectivity index (χ3v) is 4.64. The van der Waals surface area contributed by atoms with Gasteiger partial charge in [0.25, 0.3) is 0 Å². The number of halogens is 1. The van der Waals surface area contributed by atoms with E-state index in [9.17, 15) is 0 Å². The van der Waals surface area contributed by atoms with Crippen LogP contribution in [0.1, 0.15) is 17.9 Å². The number of hydrogen-bond donors (Lipinski definition) is 1. The summed E-state index contributed by atoms with van der Waals surface area (Å²) in [5.74, 6) is 1.02. The van der Waals surface area contributed by atoms with Crippen molar-refractivity contribution in [2.24, 2.45) is 0 Å². The molecule has 0 aliphatic rings. The first kappa shape index (κ1) is 17.0. The molecule has 0 amide bonds. The highest BCUT2D eigenvalue weighted by Crippen LogP contribution is 2.30. The number of anilines is 1. The van der Waals surface area contributed by atoms with Crippen LogP contribution < -0.4 is 5.73 Å². The molecular formula is C20H18BrN3O2. The lowest BCUT2D eigenvalue weighted by atomic mass is 10.2. The molecule has 0 radical (unpaired) electrons. The van der Waals surface area contributed by atoms with Gasteiger partial charge in [0.1, 0.15) is 5.52 Å². The van der Waals surface area contributed by atoms with E-state index in [1.54, 1.807) is 0 Å². The van der Waals surface area contributed by atoms with Crippen molar-refractivity contribution in [3.63, 3.8) is 0 Å². The number of benzene rings is 2. The number of rotatable bonds is 6. The fourth-order valence-corrected chi connectivity index (χ4v) is 3.24. The molecule has 0 aliphatic heterocycles. The van der Waals surface area contributed by atoms with E-state index in [0.29, 0.717) is 36.9 Å². The first-order valence-electron chi connectivity index (χ1n) is 8.46. The van der Waals surface area contributed by atoms with Gasteiger partial charge in [0, 0.05) is 22.9 Å². The molecule has 5 nitrogen and oxygen atoms in total. The van der Waals surface area contributed by atoms with Crippen LogP contribution in [0.3, 0.4) is 0 Å². The Morgan fingerprint density at radius 3 is 2.77 bits per heavy atom. The highest BCUT2D eigenvalue weighted by atomic mass is 79.9. The van der Waals surface area contributed by atoms with Crippen molar-refractivity contribution < 1.29 is 9.15 Å². The van der Waals surface area contributed by atoms with Gasteiger partial charge in [-0.25, -0.2) is 9.97 Å². The molecule has 0 aliphatic carbocycles. The van der Waals surface area contributed by atoms with Crippen molar-refractivity contribution in [2.75, 3.05) is 12.3 Å². The highest BCUT2D eigenvalue weighted by molar-refractivity contribution is 9.10. The molecule has 2 aromatic heterocycles. The molecule has 4 aromatic rings. The second kappa shape index (κ2) is 7.43. The highest BCUT2D eigenvalue weighted by Gasteiger charge is 2.14. The quantitative estimate of drug-likeness (QED) is 0.458. The predicted molar refractivity (Wildman–Crippen MR) is 106 cm³/mol. The molecule has 6 heteroatoms. The third-order valence-electron chi connectivity index (χ3n) is 4.15. The zero-order valence-electron chi connectivity index (χ0n) is 14.1. The van der Waals surface area contributed by atoms with E-state index < -0.39 is 0 Å². The molecule has 26 heavy (non-hydrogen) atoms. The lowest BCUT2D eigenvalue weighted by molar-refractivity contribution is 0.117. The van der Waals surface area contributed by atoms with E-state index in [1.165, 1.54) is 5.56 Å². The van der Waals surface area contributed by atoms with Gasteiger partial charge in [-0.2, -0.15) is 0 Å². The zero-order valence-corrected chi connectivity index (χ0v) is 15.7. The summed E-state index contributed by atoms with van der Waals surface area (Å²) in [5.41, 5.74) is 9.33. The molecule has 2 heterocycles. The van der Waals surface area contributed by atoms with Crippen LogP contribution in [0.15, 0.2) is 57.4 Å². The molecule has 132 valence electrons. The Morgan fingerprint density at radius 2 is 1.92 bits per heavy atom. The molecule has 0 atom stereocenters. The van der Waals surface area contributed by atoms with Crippen LogP contribution in [0.2, 0.25) is 0 Å². The number of aromatic nitrogens is 2. The van der Waals surface area contributed by atoms with Crippen molar-refractivity contribution in [3.05, 3.63) is 64.5 Å². The smallest absolute Gasteiger partial charge is 0.197 e. The molecule has 2 aromatic carbocycles. The zero-order chi connectivity index (χ0) is 17.9. The summed E-state index contributed by atoms with van der Waals surface area (Å²) in [5, 5.41) is 0.938. The van der Waals surface area contributed by atoms with Crippen molar-refractivity contribution in [1.29, 1.82) is 0 Å². The van der Waals surface area contributed by atoms with Crippen molar-refractivity contribution in [1.82, 2.24) is 9.97 Å². The summed E-state index contributed by atoms with van der Waals surface area (Å²) in [6.45, 7) is 1.26. The summed E-state index contributed by atoms with van der Waals surface area (Å²) in [6.07, 6.45) is 1.53. The number of aryl methyl sites for hydroxylation is 1. The lowest BCUT2D eigenvalue weighted by Crippen LogP contribution is -1.97. The van der Waals surface area contributed by atoms with Gasteiger partial charge in [-0.05, 0) is 30.2 Å². The first-order valence-corrected chi connectivity index (χ1v) is 9.26. The Bertz CT molecular complexity index is 1050. The fourth-order valence-electron chi connectivity index (χ4n) is 2.90. The van der Waals surface area contributed by atoms with Gasteiger partial charge in [-0.1, -0.05) is 46.3 Å². The number of fused-ring (bicyclic) bond motifs is 3. The predicted octanol–water partition coefficient (Wildman–Crippen LogP) is 4.87. The monoisotopic (exact) mass is 411 g/mol. The Morgan fingerprint density at radius 1 is 1.08 bits per heavy atom. The second-order valence-electron chi connectivity index (χ2n) is 6.09. The van der Waals surface area contributed by atoms with E-state index in [0.717, 1.165) is 27.3 Å². The minimum absolute atomic E-state index is 0.365. The normalized spacial score (nSPS) is 11.4. The SMILES string of the molecule is Nc1nc2cc(Br)ccc2c2nc(CCCOCc3ccccc3)oc12. The first-order chi connectivity index (χ1) is 12.7. The van der Waals surface area contributed by atoms with E-state index in [-0.39, 0.29) is 0 Å². The van der Waals surface area contributed by atoms with Gasteiger partial charge >= 0.3 is 0 Å². The van der Waals surface area contributed by atoms with Crippen LogP contribution >= 0.6 is 15.9 Å². The molecule has 4 rings (SSSR count). The summed E-state index contributed by atoms with van der Waals surface area (Å²) in [4.78, 5) is 9.04. The van der Waals surface area contributed by atoms with Gasteiger partial charge in [0.15, 0.2) is 17.3 Å². The van der Waals surface area contributed by atoms with E-state index in [4.69, 9.17) is 14.9 Å². The van der Waals surface area contributed by atoms with Gasteiger partial charge in [-0.3, -0.25) is 0 Å². The lowest BCUT2D eigenvalue weighted by Gasteiger charge is -2.02. The average molecular weight is 412 g/mol. The van der Waals surface area contributed by atoms with Gasteiger partial charge < -0.3 is 14.9 Å². The molecule has 0 unspecified atom stereocenters. The third kappa shape index (κ3) is 3.57. The van der Waals surface area contributed by atoms with Crippen LogP contribution in [-0.2, 0) is 17.8 Å². The maximum absolute atomic E-state index is 6.04. The number of pyridine rings is 1. The molecule has 0 bridgehead atoms. The van der Waals surface area contributed by atoms with E-state index in [2.05, 4.69) is 38.0 Å². The molecule has 0 fully saturated rings. The Labute approximate surface area is 159 Å². The van der Waals surface area contributed by atoms with Crippen molar-refractivity contribution in [2.45, 2.75) is 19.4 Å². The van der Waals surface area contributed by atoms with Crippen LogP contribution in [0.25, 0.3) is 22.0 Å². The second-order valence-corrected chi connectivity index (χ2v) is 7.00. The van der Waals surface area contributed by atoms with Crippen molar-refractivity contribution >= 4 is 43.8 Å².